The lowest BCUT2D eigenvalue weighted by Gasteiger charge is -2.21. The normalized spacial score (nSPS) is 23.4. The van der Waals surface area contributed by atoms with Gasteiger partial charge in [-0.2, -0.15) is 4.31 Å². The molecule has 21 heavy (non-hydrogen) atoms. The van der Waals surface area contributed by atoms with Gasteiger partial charge in [0.2, 0.25) is 10.0 Å². The quantitative estimate of drug-likeness (QED) is 0.806. The maximum absolute atomic E-state index is 13.8. The molecule has 0 radical (unpaired) electrons. The number of nitrogens with zero attached hydrogens (tertiary/aromatic N) is 1. The number of carboxylic acids is 1. The van der Waals surface area contributed by atoms with E-state index in [1.807, 2.05) is 0 Å². The van der Waals surface area contributed by atoms with Crippen molar-refractivity contribution in [2.75, 3.05) is 6.54 Å². The monoisotopic (exact) mass is 385 g/mol. The fraction of sp³-hybridized carbons (Fsp3) is 0.364. The zero-order valence-corrected chi connectivity index (χ0v) is 12.7. The number of benzene rings is 1. The predicted octanol–water partition coefficient (Wildman–Crippen LogP) is 0.936. The van der Waals surface area contributed by atoms with Gasteiger partial charge in [-0.25, -0.2) is 17.2 Å². The van der Waals surface area contributed by atoms with Crippen LogP contribution in [0.3, 0.4) is 0 Å². The zero-order valence-electron chi connectivity index (χ0n) is 10.3. The molecule has 2 atom stereocenters. The summed E-state index contributed by atoms with van der Waals surface area (Å²) in [6, 6.07) is -0.348. The lowest BCUT2D eigenvalue weighted by atomic mass is 10.2. The van der Waals surface area contributed by atoms with Gasteiger partial charge in [-0.3, -0.25) is 4.79 Å². The van der Waals surface area contributed by atoms with Gasteiger partial charge in [-0.15, -0.1) is 0 Å². The Labute approximate surface area is 127 Å². The maximum Gasteiger partial charge on any atom is 0.322 e. The fourth-order valence-electron chi connectivity index (χ4n) is 2.17. The van der Waals surface area contributed by atoms with Crippen molar-refractivity contribution in [2.24, 2.45) is 0 Å². The van der Waals surface area contributed by atoms with Crippen LogP contribution in [0.5, 0.6) is 0 Å². The van der Waals surface area contributed by atoms with Crippen LogP contribution in [0.15, 0.2) is 21.5 Å². The number of hydrogen-bond acceptors (Lipinski definition) is 4. The van der Waals surface area contributed by atoms with E-state index in [1.165, 1.54) is 0 Å². The number of halogens is 3. The number of rotatable bonds is 3. The average Bonchev–Trinajstić information content (AvgIpc) is 2.70. The van der Waals surface area contributed by atoms with Crippen LogP contribution in [0, 0.1) is 11.6 Å². The van der Waals surface area contributed by atoms with E-state index >= 15 is 0 Å². The first-order valence-electron chi connectivity index (χ1n) is 5.72. The van der Waals surface area contributed by atoms with E-state index in [-0.39, 0.29) is 10.9 Å². The van der Waals surface area contributed by atoms with Gasteiger partial charge in [0.05, 0.1) is 6.10 Å². The van der Waals surface area contributed by atoms with Crippen molar-refractivity contribution in [2.45, 2.75) is 23.5 Å². The third kappa shape index (κ3) is 2.93. The minimum atomic E-state index is -4.54. The number of β-amino-alcohol motifs (C(OH)–C–C–N with tert-alkyl or cyclic N) is 1. The summed E-state index contributed by atoms with van der Waals surface area (Å²) in [5, 5.41) is 18.5. The van der Waals surface area contributed by atoms with Crippen LogP contribution < -0.4 is 0 Å². The predicted molar refractivity (Wildman–Crippen MR) is 70.0 cm³/mol. The first kappa shape index (κ1) is 16.3. The molecule has 2 rings (SSSR count). The first-order valence-corrected chi connectivity index (χ1v) is 7.95. The Morgan fingerprint density at radius 2 is 2.00 bits per heavy atom. The van der Waals surface area contributed by atoms with Crippen LogP contribution in [-0.4, -0.2) is 47.6 Å². The van der Waals surface area contributed by atoms with Crippen molar-refractivity contribution in [3.63, 3.8) is 0 Å². The highest BCUT2D eigenvalue weighted by molar-refractivity contribution is 9.10. The second kappa shape index (κ2) is 5.59. The number of sulfonamides is 1. The summed E-state index contributed by atoms with van der Waals surface area (Å²) in [6.45, 7) is -0.470. The second-order valence-electron chi connectivity index (χ2n) is 4.52. The molecule has 10 heteroatoms. The smallest absolute Gasteiger partial charge is 0.322 e. The van der Waals surface area contributed by atoms with Crippen LogP contribution in [0.2, 0.25) is 0 Å². The first-order chi connectivity index (χ1) is 9.64. The Kier molecular flexibility index (Phi) is 4.34. The van der Waals surface area contributed by atoms with Crippen LogP contribution in [0.25, 0.3) is 0 Å². The molecule has 0 bridgehead atoms. The number of hydrogen-bond donors (Lipinski definition) is 2. The zero-order chi connectivity index (χ0) is 15.9. The Bertz CT molecular complexity index is 673. The molecule has 1 saturated heterocycles. The minimum Gasteiger partial charge on any atom is -0.480 e. The van der Waals surface area contributed by atoms with Crippen molar-refractivity contribution in [3.05, 3.63) is 28.2 Å². The molecule has 0 amide bonds. The number of aliphatic hydroxyl groups is 1. The fourth-order valence-corrected chi connectivity index (χ4v) is 4.91. The molecule has 1 aliphatic rings. The molecule has 116 valence electrons. The molecule has 1 aliphatic heterocycles. The highest BCUT2D eigenvalue weighted by Crippen LogP contribution is 2.33. The molecule has 1 heterocycles. The van der Waals surface area contributed by atoms with E-state index in [0.717, 1.165) is 6.07 Å². The Balaban J connectivity index is 2.55. The molecule has 0 unspecified atom stereocenters. The molecule has 0 aliphatic carbocycles. The molecule has 0 aromatic heterocycles. The summed E-state index contributed by atoms with van der Waals surface area (Å²) in [7, 11) is -4.54. The maximum atomic E-state index is 13.8. The van der Waals surface area contributed by atoms with Gasteiger partial charge in [0.1, 0.15) is 22.6 Å². The molecule has 2 N–H and O–H groups in total. The molecule has 1 fully saturated rings. The van der Waals surface area contributed by atoms with Crippen molar-refractivity contribution < 1.29 is 32.2 Å². The number of carbonyl (C=O) groups is 1. The van der Waals surface area contributed by atoms with E-state index in [4.69, 9.17) is 5.11 Å². The van der Waals surface area contributed by atoms with E-state index in [9.17, 15) is 27.1 Å². The van der Waals surface area contributed by atoms with Crippen molar-refractivity contribution in [1.29, 1.82) is 0 Å². The topological polar surface area (TPSA) is 94.9 Å². The van der Waals surface area contributed by atoms with Gasteiger partial charge in [0, 0.05) is 23.5 Å². The van der Waals surface area contributed by atoms with Gasteiger partial charge >= 0.3 is 5.97 Å². The molecule has 6 nitrogen and oxygen atoms in total. The highest BCUT2D eigenvalue weighted by Gasteiger charge is 2.45. The second-order valence-corrected chi connectivity index (χ2v) is 7.20. The van der Waals surface area contributed by atoms with Crippen LogP contribution >= 0.6 is 15.9 Å². The Morgan fingerprint density at radius 1 is 1.38 bits per heavy atom. The molecule has 1 aromatic carbocycles. The summed E-state index contributed by atoms with van der Waals surface area (Å²) < 4.78 is 51.8. The van der Waals surface area contributed by atoms with E-state index < -0.39 is 51.2 Å². The molecule has 1 aromatic rings. The van der Waals surface area contributed by atoms with Gasteiger partial charge in [0.15, 0.2) is 0 Å². The third-order valence-corrected chi connectivity index (χ3v) is 5.89. The van der Waals surface area contributed by atoms with E-state index in [0.29, 0.717) is 10.4 Å². The summed E-state index contributed by atoms with van der Waals surface area (Å²) in [6.07, 6.45) is -1.46. The number of aliphatic carboxylic acids is 1. The van der Waals surface area contributed by atoms with E-state index in [1.54, 1.807) is 0 Å². The van der Waals surface area contributed by atoms with E-state index in [2.05, 4.69) is 15.9 Å². The van der Waals surface area contributed by atoms with Gasteiger partial charge in [-0.1, -0.05) is 0 Å². The highest BCUT2D eigenvalue weighted by atomic mass is 79.9. The third-order valence-electron chi connectivity index (χ3n) is 3.05. The molecule has 0 spiro atoms. The van der Waals surface area contributed by atoms with Gasteiger partial charge < -0.3 is 10.2 Å². The van der Waals surface area contributed by atoms with Crippen molar-refractivity contribution in [3.8, 4) is 0 Å². The molecular weight excluding hydrogens is 376 g/mol. The number of carboxylic acid groups (broad SMARTS) is 1. The average molecular weight is 386 g/mol. The largest absolute Gasteiger partial charge is 0.480 e. The summed E-state index contributed by atoms with van der Waals surface area (Å²) in [5.41, 5.74) is 0. The van der Waals surface area contributed by atoms with Crippen LogP contribution in [-0.2, 0) is 14.8 Å². The lowest BCUT2D eigenvalue weighted by Crippen LogP contribution is -2.41. The lowest BCUT2D eigenvalue weighted by molar-refractivity contribution is -0.140. The van der Waals surface area contributed by atoms with Crippen molar-refractivity contribution >= 4 is 31.9 Å². The summed E-state index contributed by atoms with van der Waals surface area (Å²) in [4.78, 5) is 10.2. The van der Waals surface area contributed by atoms with Crippen molar-refractivity contribution in [1.82, 2.24) is 4.31 Å². The standard InChI is InChI=1S/C11H10BrF2NO5S/c12-7-1-5(13)2-8(14)10(7)21(19,20)15-4-6(16)3-9(15)11(17)18/h1-2,6,9,16H,3-4H2,(H,17,18)/t6-,9-/m1/s1. The number of aliphatic hydroxyl groups excluding tert-OH is 1. The summed E-state index contributed by atoms with van der Waals surface area (Å²) >= 11 is 2.76. The summed E-state index contributed by atoms with van der Waals surface area (Å²) in [5.74, 6) is -3.77. The van der Waals surface area contributed by atoms with Crippen LogP contribution in [0.1, 0.15) is 6.42 Å². The molecule has 0 saturated carbocycles. The van der Waals surface area contributed by atoms with Gasteiger partial charge in [-0.05, 0) is 22.0 Å². The Morgan fingerprint density at radius 3 is 2.52 bits per heavy atom. The molecular formula is C11H10BrF2NO5S. The minimum absolute atomic E-state index is 0.297. The Hall–Kier alpha value is -1.10. The van der Waals surface area contributed by atoms with Gasteiger partial charge in [0.25, 0.3) is 0 Å². The SMILES string of the molecule is O=C(O)[C@H]1C[C@@H](O)CN1S(=O)(=O)c1c(F)cc(F)cc1Br. The van der Waals surface area contributed by atoms with Crippen LogP contribution in [0.4, 0.5) is 8.78 Å².